The van der Waals surface area contributed by atoms with Crippen LogP contribution >= 0.6 is 0 Å². The SMILES string of the molecule is COc1ccc(OCCN(CCNC(=O)c2cccc(OC)c2)C(C)=O)cc1. The molecule has 1 N–H and O–H groups in total. The summed E-state index contributed by atoms with van der Waals surface area (Å²) in [5.74, 6) is 1.79. The minimum Gasteiger partial charge on any atom is -0.497 e. The number of carbonyl (C=O) groups excluding carboxylic acids is 2. The van der Waals surface area contributed by atoms with Crippen molar-refractivity contribution in [3.05, 3.63) is 54.1 Å². The van der Waals surface area contributed by atoms with Crippen molar-refractivity contribution >= 4 is 11.8 Å². The molecule has 0 heterocycles. The van der Waals surface area contributed by atoms with Gasteiger partial charge in [0.25, 0.3) is 5.91 Å². The van der Waals surface area contributed by atoms with Crippen LogP contribution in [0.1, 0.15) is 17.3 Å². The third kappa shape index (κ3) is 6.50. The summed E-state index contributed by atoms with van der Waals surface area (Å²) >= 11 is 0. The largest absolute Gasteiger partial charge is 0.497 e. The van der Waals surface area contributed by atoms with Crippen molar-refractivity contribution in [1.29, 1.82) is 0 Å². The van der Waals surface area contributed by atoms with Crippen LogP contribution in [-0.4, -0.2) is 57.2 Å². The monoisotopic (exact) mass is 386 g/mol. The number of hydrogen-bond acceptors (Lipinski definition) is 5. The second-order valence-corrected chi connectivity index (χ2v) is 6.02. The molecular weight excluding hydrogens is 360 g/mol. The van der Waals surface area contributed by atoms with Gasteiger partial charge in [-0.2, -0.15) is 0 Å². The smallest absolute Gasteiger partial charge is 0.251 e. The molecule has 2 aromatic carbocycles. The third-order valence-electron chi connectivity index (χ3n) is 4.13. The van der Waals surface area contributed by atoms with Crippen molar-refractivity contribution in [2.75, 3.05) is 40.5 Å². The van der Waals surface area contributed by atoms with E-state index in [1.165, 1.54) is 6.92 Å². The Hall–Kier alpha value is -3.22. The molecule has 7 nitrogen and oxygen atoms in total. The summed E-state index contributed by atoms with van der Waals surface area (Å²) in [6.45, 7) is 3.03. The maximum absolute atomic E-state index is 12.2. The van der Waals surface area contributed by atoms with Gasteiger partial charge in [-0.25, -0.2) is 0 Å². The van der Waals surface area contributed by atoms with Crippen molar-refractivity contribution in [2.24, 2.45) is 0 Å². The predicted molar refractivity (Wildman–Crippen MR) is 106 cm³/mol. The lowest BCUT2D eigenvalue weighted by Gasteiger charge is -2.21. The van der Waals surface area contributed by atoms with Gasteiger partial charge in [-0.3, -0.25) is 9.59 Å². The molecule has 2 aromatic rings. The molecule has 0 aliphatic rings. The molecule has 0 aromatic heterocycles. The van der Waals surface area contributed by atoms with E-state index in [9.17, 15) is 9.59 Å². The first kappa shape index (κ1) is 21.1. The Balaban J connectivity index is 1.77. The van der Waals surface area contributed by atoms with Crippen LogP contribution in [-0.2, 0) is 4.79 Å². The highest BCUT2D eigenvalue weighted by Gasteiger charge is 2.11. The van der Waals surface area contributed by atoms with Gasteiger partial charge < -0.3 is 24.4 Å². The molecule has 0 saturated carbocycles. The van der Waals surface area contributed by atoms with Gasteiger partial charge >= 0.3 is 0 Å². The summed E-state index contributed by atoms with van der Waals surface area (Å²) in [5, 5.41) is 2.81. The summed E-state index contributed by atoms with van der Waals surface area (Å²) in [5.41, 5.74) is 0.511. The number of rotatable bonds is 10. The van der Waals surface area contributed by atoms with Crippen LogP contribution in [0.5, 0.6) is 17.2 Å². The van der Waals surface area contributed by atoms with Crippen molar-refractivity contribution in [3.63, 3.8) is 0 Å². The lowest BCUT2D eigenvalue weighted by atomic mass is 10.2. The topological polar surface area (TPSA) is 77.1 Å². The maximum Gasteiger partial charge on any atom is 0.251 e. The van der Waals surface area contributed by atoms with E-state index in [-0.39, 0.29) is 11.8 Å². The van der Waals surface area contributed by atoms with Crippen molar-refractivity contribution < 1.29 is 23.8 Å². The molecule has 0 fully saturated rings. The van der Waals surface area contributed by atoms with E-state index in [1.807, 2.05) is 24.3 Å². The Morgan fingerprint density at radius 3 is 2.25 bits per heavy atom. The van der Waals surface area contributed by atoms with Crippen LogP contribution in [0.4, 0.5) is 0 Å². The molecule has 0 atom stereocenters. The number of amides is 2. The van der Waals surface area contributed by atoms with Gasteiger partial charge in [0.05, 0.1) is 20.8 Å². The lowest BCUT2D eigenvalue weighted by molar-refractivity contribution is -0.129. The molecule has 28 heavy (non-hydrogen) atoms. The number of nitrogens with one attached hydrogen (secondary N) is 1. The second-order valence-electron chi connectivity index (χ2n) is 6.02. The fraction of sp³-hybridized carbons (Fsp3) is 0.333. The number of nitrogens with zero attached hydrogens (tertiary/aromatic N) is 1. The first-order valence-electron chi connectivity index (χ1n) is 8.98. The summed E-state index contributed by atoms with van der Waals surface area (Å²) in [6.07, 6.45) is 0. The van der Waals surface area contributed by atoms with E-state index in [1.54, 1.807) is 43.4 Å². The first-order chi connectivity index (χ1) is 13.5. The van der Waals surface area contributed by atoms with Gasteiger partial charge in [0, 0.05) is 25.6 Å². The molecule has 0 radical (unpaired) electrons. The van der Waals surface area contributed by atoms with Crippen molar-refractivity contribution in [1.82, 2.24) is 10.2 Å². The Bertz CT molecular complexity index is 777. The molecule has 0 aliphatic heterocycles. The maximum atomic E-state index is 12.2. The summed E-state index contributed by atoms with van der Waals surface area (Å²) < 4.78 is 15.9. The molecular formula is C21H26N2O5. The number of ether oxygens (including phenoxy) is 3. The molecule has 150 valence electrons. The van der Waals surface area contributed by atoms with Gasteiger partial charge in [0.15, 0.2) is 0 Å². The van der Waals surface area contributed by atoms with E-state index in [2.05, 4.69) is 5.32 Å². The number of benzene rings is 2. The average molecular weight is 386 g/mol. The van der Waals surface area contributed by atoms with Gasteiger partial charge in [-0.15, -0.1) is 0 Å². The highest BCUT2D eigenvalue weighted by molar-refractivity contribution is 5.94. The zero-order valence-electron chi connectivity index (χ0n) is 16.4. The molecule has 7 heteroatoms. The van der Waals surface area contributed by atoms with Crippen LogP contribution in [0, 0.1) is 0 Å². The molecule has 2 amide bonds. The van der Waals surface area contributed by atoms with Crippen LogP contribution in [0.25, 0.3) is 0 Å². The summed E-state index contributed by atoms with van der Waals surface area (Å²) in [7, 11) is 3.16. The van der Waals surface area contributed by atoms with Gasteiger partial charge in [-0.1, -0.05) is 6.07 Å². The molecule has 0 bridgehead atoms. The van der Waals surface area contributed by atoms with Gasteiger partial charge in [-0.05, 0) is 42.5 Å². The normalized spacial score (nSPS) is 10.1. The molecule has 0 unspecified atom stereocenters. The first-order valence-corrected chi connectivity index (χ1v) is 8.98. The fourth-order valence-electron chi connectivity index (χ4n) is 2.54. The highest BCUT2D eigenvalue weighted by Crippen LogP contribution is 2.17. The number of methoxy groups -OCH3 is 2. The average Bonchev–Trinajstić information content (AvgIpc) is 2.72. The van der Waals surface area contributed by atoms with E-state index >= 15 is 0 Å². The van der Waals surface area contributed by atoms with Crippen molar-refractivity contribution in [3.8, 4) is 17.2 Å². The van der Waals surface area contributed by atoms with Crippen LogP contribution in [0.3, 0.4) is 0 Å². The van der Waals surface area contributed by atoms with E-state index < -0.39 is 0 Å². The predicted octanol–water partition coefficient (Wildman–Crippen LogP) is 2.36. The zero-order chi connectivity index (χ0) is 20.4. The zero-order valence-corrected chi connectivity index (χ0v) is 16.4. The van der Waals surface area contributed by atoms with E-state index in [0.717, 1.165) is 5.75 Å². The molecule has 0 aliphatic carbocycles. The quantitative estimate of drug-likeness (QED) is 0.678. The van der Waals surface area contributed by atoms with Crippen LogP contribution in [0.15, 0.2) is 48.5 Å². The van der Waals surface area contributed by atoms with E-state index in [0.29, 0.717) is 43.3 Å². The third-order valence-corrected chi connectivity index (χ3v) is 4.13. The summed E-state index contributed by atoms with van der Waals surface area (Å²) in [4.78, 5) is 25.7. The minimum absolute atomic E-state index is 0.0750. The second kappa shape index (κ2) is 10.8. The lowest BCUT2D eigenvalue weighted by Crippen LogP contribution is -2.39. The molecule has 2 rings (SSSR count). The van der Waals surface area contributed by atoms with Crippen LogP contribution in [0.2, 0.25) is 0 Å². The fourth-order valence-corrected chi connectivity index (χ4v) is 2.54. The number of carbonyl (C=O) groups is 2. The Kier molecular flexibility index (Phi) is 8.14. The van der Waals surface area contributed by atoms with Crippen molar-refractivity contribution in [2.45, 2.75) is 6.92 Å². The van der Waals surface area contributed by atoms with E-state index in [4.69, 9.17) is 14.2 Å². The number of hydrogen-bond donors (Lipinski definition) is 1. The Morgan fingerprint density at radius 1 is 0.929 bits per heavy atom. The molecule has 0 saturated heterocycles. The minimum atomic E-state index is -0.211. The van der Waals surface area contributed by atoms with Gasteiger partial charge in [0.1, 0.15) is 23.9 Å². The Labute approximate surface area is 165 Å². The molecule has 0 spiro atoms. The van der Waals surface area contributed by atoms with Gasteiger partial charge in [0.2, 0.25) is 5.91 Å². The summed E-state index contributed by atoms with van der Waals surface area (Å²) in [6, 6.07) is 14.2. The Morgan fingerprint density at radius 2 is 1.61 bits per heavy atom. The highest BCUT2D eigenvalue weighted by atomic mass is 16.5. The standard InChI is InChI=1S/C21H26N2O5/c1-16(24)23(13-14-28-19-9-7-18(26-2)8-10-19)12-11-22-21(25)17-5-4-6-20(15-17)27-3/h4-10,15H,11-14H2,1-3H3,(H,22,25). The van der Waals surface area contributed by atoms with Crippen LogP contribution < -0.4 is 19.5 Å².